The Morgan fingerprint density at radius 1 is 0.926 bits per heavy atom. The second-order valence-corrected chi connectivity index (χ2v) is 6.09. The number of methoxy groups -OCH3 is 1. The fraction of sp³-hybridized carbons (Fsp3) is 0.227. The fourth-order valence-corrected chi connectivity index (χ4v) is 2.68. The van der Waals surface area contributed by atoms with Crippen LogP contribution in [-0.4, -0.2) is 32.3 Å². The number of rotatable bonds is 8. The summed E-state index contributed by atoms with van der Waals surface area (Å²) in [5.41, 5.74) is 0. The van der Waals surface area contributed by atoms with Gasteiger partial charge in [-0.2, -0.15) is 0 Å². The predicted octanol–water partition coefficient (Wildman–Crippen LogP) is 3.81. The topological polar surface area (TPSA) is 56.8 Å². The first-order valence-corrected chi connectivity index (χ1v) is 8.86. The van der Waals surface area contributed by atoms with Crippen molar-refractivity contribution in [2.75, 3.05) is 20.3 Å². The molecule has 3 aromatic rings. The highest BCUT2D eigenvalue weighted by Gasteiger charge is 2.14. The summed E-state index contributed by atoms with van der Waals surface area (Å²) < 4.78 is 16.5. The van der Waals surface area contributed by atoms with Crippen molar-refractivity contribution >= 4 is 16.7 Å². The zero-order valence-corrected chi connectivity index (χ0v) is 15.5. The van der Waals surface area contributed by atoms with Crippen molar-refractivity contribution in [2.45, 2.75) is 13.0 Å². The number of hydrogen-bond donors (Lipinski definition) is 1. The van der Waals surface area contributed by atoms with Gasteiger partial charge >= 0.3 is 0 Å². The smallest absolute Gasteiger partial charge is 0.260 e. The fourth-order valence-electron chi connectivity index (χ4n) is 2.68. The summed E-state index contributed by atoms with van der Waals surface area (Å²) in [5, 5.41) is 5.11. The lowest BCUT2D eigenvalue weighted by Crippen LogP contribution is -2.38. The third-order valence-corrected chi connectivity index (χ3v) is 4.11. The maximum atomic E-state index is 12.2. The van der Waals surface area contributed by atoms with Gasteiger partial charge in [-0.25, -0.2) is 0 Å². The van der Waals surface area contributed by atoms with E-state index < -0.39 is 6.10 Å². The normalized spacial score (nSPS) is 11.6. The molecule has 0 saturated heterocycles. The molecule has 1 atom stereocenters. The Hall–Kier alpha value is -3.21. The van der Waals surface area contributed by atoms with Crippen molar-refractivity contribution in [3.8, 4) is 17.2 Å². The Balaban J connectivity index is 1.44. The summed E-state index contributed by atoms with van der Waals surface area (Å²) in [6.07, 6.45) is -0.613. The maximum absolute atomic E-state index is 12.2. The number of benzene rings is 3. The number of carbonyl (C=O) groups is 1. The highest BCUT2D eigenvalue weighted by Crippen LogP contribution is 2.21. The predicted molar refractivity (Wildman–Crippen MR) is 106 cm³/mol. The minimum absolute atomic E-state index is 0.195. The van der Waals surface area contributed by atoms with Crippen molar-refractivity contribution in [1.82, 2.24) is 5.32 Å². The average Bonchev–Trinajstić information content (AvgIpc) is 2.71. The number of amides is 1. The van der Waals surface area contributed by atoms with Crippen molar-refractivity contribution < 1.29 is 19.0 Å². The molecule has 0 aliphatic rings. The Morgan fingerprint density at radius 3 is 2.52 bits per heavy atom. The van der Waals surface area contributed by atoms with E-state index >= 15 is 0 Å². The summed E-state index contributed by atoms with van der Waals surface area (Å²) in [5.74, 6) is 1.86. The van der Waals surface area contributed by atoms with Crippen LogP contribution in [0.3, 0.4) is 0 Å². The Labute approximate surface area is 158 Å². The minimum atomic E-state index is -0.613. The van der Waals surface area contributed by atoms with Crippen LogP contribution >= 0.6 is 0 Å². The van der Waals surface area contributed by atoms with Gasteiger partial charge in [0.2, 0.25) is 0 Å². The molecule has 0 aromatic heterocycles. The molecule has 140 valence electrons. The SMILES string of the molecule is COc1cccc(O[C@@H](C)C(=O)NCCOc2ccc3ccccc3c2)c1. The minimum Gasteiger partial charge on any atom is -0.497 e. The van der Waals surface area contributed by atoms with Crippen LogP contribution in [0.5, 0.6) is 17.2 Å². The summed E-state index contributed by atoms with van der Waals surface area (Å²) in [6.45, 7) is 2.49. The van der Waals surface area contributed by atoms with Gasteiger partial charge in [-0.3, -0.25) is 4.79 Å². The Morgan fingerprint density at radius 2 is 1.70 bits per heavy atom. The molecule has 0 heterocycles. The molecular weight excluding hydrogens is 342 g/mol. The first-order valence-electron chi connectivity index (χ1n) is 8.86. The van der Waals surface area contributed by atoms with Gasteiger partial charge in [0.1, 0.15) is 23.9 Å². The zero-order valence-electron chi connectivity index (χ0n) is 15.5. The number of nitrogens with one attached hydrogen (secondary N) is 1. The van der Waals surface area contributed by atoms with Crippen molar-refractivity contribution in [3.05, 3.63) is 66.7 Å². The molecule has 0 radical (unpaired) electrons. The van der Waals surface area contributed by atoms with Gasteiger partial charge in [0, 0.05) is 6.07 Å². The van der Waals surface area contributed by atoms with Crippen molar-refractivity contribution in [2.24, 2.45) is 0 Å². The highest BCUT2D eigenvalue weighted by atomic mass is 16.5. The Kier molecular flexibility index (Phi) is 6.15. The quantitative estimate of drug-likeness (QED) is 0.617. The van der Waals surface area contributed by atoms with Crippen LogP contribution in [0.15, 0.2) is 66.7 Å². The van der Waals surface area contributed by atoms with Gasteiger partial charge in [0.05, 0.1) is 13.7 Å². The third-order valence-electron chi connectivity index (χ3n) is 4.11. The van der Waals surface area contributed by atoms with E-state index in [1.54, 1.807) is 26.2 Å². The molecule has 0 fully saturated rings. The molecule has 0 spiro atoms. The van der Waals surface area contributed by atoms with Crippen molar-refractivity contribution in [3.63, 3.8) is 0 Å². The molecule has 27 heavy (non-hydrogen) atoms. The van der Waals surface area contributed by atoms with Gasteiger partial charge in [-0.15, -0.1) is 0 Å². The van der Waals surface area contributed by atoms with E-state index in [-0.39, 0.29) is 5.91 Å². The van der Waals surface area contributed by atoms with Crippen LogP contribution in [0.1, 0.15) is 6.92 Å². The molecule has 0 unspecified atom stereocenters. The van der Waals surface area contributed by atoms with Crippen LogP contribution in [-0.2, 0) is 4.79 Å². The molecule has 0 aliphatic heterocycles. The number of hydrogen-bond acceptors (Lipinski definition) is 4. The maximum Gasteiger partial charge on any atom is 0.260 e. The summed E-state index contributed by atoms with van der Waals surface area (Å²) in [4.78, 5) is 12.2. The number of carbonyl (C=O) groups excluding carboxylic acids is 1. The van der Waals surface area contributed by atoms with Gasteiger partial charge in [-0.1, -0.05) is 36.4 Å². The van der Waals surface area contributed by atoms with E-state index in [9.17, 15) is 4.79 Å². The molecule has 5 nitrogen and oxygen atoms in total. The first kappa shape index (κ1) is 18.6. The molecule has 1 N–H and O–H groups in total. The van der Waals surface area contributed by atoms with E-state index in [1.807, 2.05) is 48.5 Å². The number of fused-ring (bicyclic) bond motifs is 1. The monoisotopic (exact) mass is 365 g/mol. The van der Waals surface area contributed by atoms with Crippen LogP contribution < -0.4 is 19.5 Å². The second kappa shape index (κ2) is 8.94. The van der Waals surface area contributed by atoms with Crippen LogP contribution in [0.2, 0.25) is 0 Å². The molecule has 5 heteroatoms. The van der Waals surface area contributed by atoms with E-state index in [2.05, 4.69) is 11.4 Å². The molecular formula is C22H23NO4. The van der Waals surface area contributed by atoms with E-state index in [1.165, 1.54) is 5.39 Å². The summed E-state index contributed by atoms with van der Waals surface area (Å²) in [7, 11) is 1.59. The van der Waals surface area contributed by atoms with E-state index in [0.717, 1.165) is 11.1 Å². The largest absolute Gasteiger partial charge is 0.497 e. The molecule has 0 aliphatic carbocycles. The standard InChI is InChI=1S/C22H23NO4/c1-16(27-21-9-5-8-19(15-21)25-2)22(24)23-12-13-26-20-11-10-17-6-3-4-7-18(17)14-20/h3-11,14-16H,12-13H2,1-2H3,(H,23,24)/t16-/m0/s1. The average molecular weight is 365 g/mol. The van der Waals surface area contributed by atoms with Crippen LogP contribution in [0.4, 0.5) is 0 Å². The lowest BCUT2D eigenvalue weighted by molar-refractivity contribution is -0.127. The lowest BCUT2D eigenvalue weighted by Gasteiger charge is -2.15. The first-order chi connectivity index (χ1) is 13.2. The van der Waals surface area contributed by atoms with E-state index in [0.29, 0.717) is 24.7 Å². The second-order valence-electron chi connectivity index (χ2n) is 6.09. The molecule has 0 saturated carbocycles. The Bertz CT molecular complexity index is 909. The van der Waals surface area contributed by atoms with Gasteiger partial charge < -0.3 is 19.5 Å². The summed E-state index contributed by atoms with van der Waals surface area (Å²) in [6, 6.07) is 21.2. The van der Waals surface area contributed by atoms with Gasteiger partial charge in [0.15, 0.2) is 6.10 Å². The molecule has 0 bridgehead atoms. The summed E-state index contributed by atoms with van der Waals surface area (Å²) >= 11 is 0. The van der Waals surface area contributed by atoms with Gasteiger partial charge in [-0.05, 0) is 42.0 Å². The van der Waals surface area contributed by atoms with Crippen LogP contribution in [0, 0.1) is 0 Å². The van der Waals surface area contributed by atoms with Crippen LogP contribution in [0.25, 0.3) is 10.8 Å². The zero-order chi connectivity index (χ0) is 19.1. The van der Waals surface area contributed by atoms with E-state index in [4.69, 9.17) is 14.2 Å². The molecule has 3 aromatic carbocycles. The molecule has 1 amide bonds. The van der Waals surface area contributed by atoms with Crippen molar-refractivity contribution in [1.29, 1.82) is 0 Å². The molecule has 3 rings (SSSR count). The third kappa shape index (κ3) is 5.14. The lowest BCUT2D eigenvalue weighted by atomic mass is 10.1. The highest BCUT2D eigenvalue weighted by molar-refractivity contribution is 5.83. The number of ether oxygens (including phenoxy) is 3. The van der Waals surface area contributed by atoms with Gasteiger partial charge in [0.25, 0.3) is 5.91 Å².